The summed E-state index contributed by atoms with van der Waals surface area (Å²) < 4.78 is 9.07. The van der Waals surface area contributed by atoms with Crippen molar-refractivity contribution in [3.8, 4) is 0 Å². The van der Waals surface area contributed by atoms with Crippen molar-refractivity contribution < 1.29 is 24.2 Å². The van der Waals surface area contributed by atoms with E-state index < -0.39 is 17.9 Å². The number of hydrogen-bond acceptors (Lipinski definition) is 4. The van der Waals surface area contributed by atoms with E-state index in [2.05, 4.69) is 4.74 Å². The fourth-order valence-electron chi connectivity index (χ4n) is 1.97. The SMILES string of the molecule is CC1=C(C)C(C)(OC(=O)OC(=O)O)C(C)=C1C. The van der Waals surface area contributed by atoms with Gasteiger partial charge in [-0.05, 0) is 56.9 Å². The molecule has 5 nitrogen and oxygen atoms in total. The highest BCUT2D eigenvalue weighted by atomic mass is 16.8. The van der Waals surface area contributed by atoms with Crippen LogP contribution in [0.3, 0.4) is 0 Å². The van der Waals surface area contributed by atoms with Gasteiger partial charge in [0.25, 0.3) is 0 Å². The Balaban J connectivity index is 2.98. The van der Waals surface area contributed by atoms with Crippen LogP contribution in [0.25, 0.3) is 0 Å². The van der Waals surface area contributed by atoms with Crippen LogP contribution in [-0.2, 0) is 9.47 Å². The lowest BCUT2D eigenvalue weighted by molar-refractivity contribution is 0.0151. The van der Waals surface area contributed by atoms with E-state index in [1.165, 1.54) is 0 Å². The quantitative estimate of drug-likeness (QED) is 0.562. The molecule has 0 aliphatic heterocycles. The van der Waals surface area contributed by atoms with Crippen LogP contribution >= 0.6 is 0 Å². The van der Waals surface area contributed by atoms with Gasteiger partial charge in [0.05, 0.1) is 0 Å². The Labute approximate surface area is 99.7 Å². The molecule has 1 N–H and O–H groups in total. The van der Waals surface area contributed by atoms with Gasteiger partial charge in [-0.15, -0.1) is 0 Å². The predicted molar refractivity (Wildman–Crippen MR) is 60.7 cm³/mol. The Morgan fingerprint density at radius 3 is 1.82 bits per heavy atom. The first-order chi connectivity index (χ1) is 7.70. The molecule has 0 saturated heterocycles. The van der Waals surface area contributed by atoms with Crippen molar-refractivity contribution in [1.29, 1.82) is 0 Å². The number of ether oxygens (including phenoxy) is 2. The van der Waals surface area contributed by atoms with Crippen molar-refractivity contribution in [2.24, 2.45) is 0 Å². The highest BCUT2D eigenvalue weighted by Gasteiger charge is 2.40. The number of carbonyl (C=O) groups is 2. The molecule has 0 unspecified atom stereocenters. The minimum Gasteiger partial charge on any atom is -0.449 e. The summed E-state index contributed by atoms with van der Waals surface area (Å²) in [4.78, 5) is 21.5. The second-order valence-corrected chi connectivity index (χ2v) is 4.25. The van der Waals surface area contributed by atoms with E-state index in [1.807, 2.05) is 27.7 Å². The molecule has 0 bridgehead atoms. The van der Waals surface area contributed by atoms with Gasteiger partial charge < -0.3 is 14.6 Å². The smallest absolute Gasteiger partial charge is 0.449 e. The third-order valence-corrected chi connectivity index (χ3v) is 3.58. The minimum absolute atomic E-state index is 0.884. The summed E-state index contributed by atoms with van der Waals surface area (Å²) >= 11 is 0. The van der Waals surface area contributed by atoms with Gasteiger partial charge in [-0.3, -0.25) is 0 Å². The zero-order valence-corrected chi connectivity index (χ0v) is 10.6. The van der Waals surface area contributed by atoms with Crippen LogP contribution in [0.2, 0.25) is 0 Å². The molecule has 17 heavy (non-hydrogen) atoms. The van der Waals surface area contributed by atoms with Crippen molar-refractivity contribution >= 4 is 12.3 Å². The molecule has 1 aliphatic carbocycles. The molecule has 1 aliphatic rings. The Morgan fingerprint density at radius 1 is 1.06 bits per heavy atom. The van der Waals surface area contributed by atoms with Crippen LogP contribution < -0.4 is 0 Å². The van der Waals surface area contributed by atoms with E-state index in [0.717, 1.165) is 22.3 Å². The standard InChI is InChI=1S/C12H16O5/c1-6-7(2)9(4)12(5,8(6)3)17-11(15)16-10(13)14/h1-5H3,(H,13,14). The first-order valence-corrected chi connectivity index (χ1v) is 5.20. The minimum atomic E-state index is -1.67. The highest BCUT2D eigenvalue weighted by Crippen LogP contribution is 2.42. The van der Waals surface area contributed by atoms with Crippen LogP contribution in [0.4, 0.5) is 9.59 Å². The van der Waals surface area contributed by atoms with Crippen molar-refractivity contribution in [1.82, 2.24) is 0 Å². The van der Waals surface area contributed by atoms with Gasteiger partial charge in [0.1, 0.15) is 0 Å². The lowest BCUT2D eigenvalue weighted by Gasteiger charge is -2.27. The lowest BCUT2D eigenvalue weighted by atomic mass is 9.93. The molecule has 0 fully saturated rings. The van der Waals surface area contributed by atoms with Gasteiger partial charge in [-0.1, -0.05) is 0 Å². The Bertz CT molecular complexity index is 418. The van der Waals surface area contributed by atoms with Crippen LogP contribution in [0.1, 0.15) is 34.6 Å². The second-order valence-electron chi connectivity index (χ2n) is 4.25. The summed E-state index contributed by atoms with van der Waals surface area (Å²) in [6, 6.07) is 0. The summed E-state index contributed by atoms with van der Waals surface area (Å²) in [6.07, 6.45) is -2.88. The first-order valence-electron chi connectivity index (χ1n) is 5.20. The molecule has 0 amide bonds. The van der Waals surface area contributed by atoms with Crippen LogP contribution in [0.15, 0.2) is 22.3 Å². The first kappa shape index (κ1) is 13.3. The van der Waals surface area contributed by atoms with Gasteiger partial charge in [0, 0.05) is 0 Å². The van der Waals surface area contributed by atoms with E-state index >= 15 is 0 Å². The number of allylic oxidation sites excluding steroid dienone is 2. The van der Waals surface area contributed by atoms with Crippen LogP contribution in [-0.4, -0.2) is 23.0 Å². The molecule has 0 saturated carbocycles. The van der Waals surface area contributed by atoms with Crippen molar-refractivity contribution in [2.45, 2.75) is 40.2 Å². The Hall–Kier alpha value is -1.78. The number of carbonyl (C=O) groups excluding carboxylic acids is 1. The number of hydrogen-bond donors (Lipinski definition) is 1. The monoisotopic (exact) mass is 240 g/mol. The molecule has 94 valence electrons. The van der Waals surface area contributed by atoms with E-state index in [9.17, 15) is 9.59 Å². The lowest BCUT2D eigenvalue weighted by Crippen LogP contribution is -2.33. The molecule has 0 heterocycles. The Morgan fingerprint density at radius 2 is 1.47 bits per heavy atom. The molecule has 0 aromatic rings. The van der Waals surface area contributed by atoms with Gasteiger partial charge >= 0.3 is 12.3 Å². The molecule has 0 radical (unpaired) electrons. The zero-order chi connectivity index (χ0) is 13.4. The van der Waals surface area contributed by atoms with Crippen molar-refractivity contribution in [3.05, 3.63) is 22.3 Å². The van der Waals surface area contributed by atoms with Gasteiger partial charge in [-0.25, -0.2) is 9.59 Å². The largest absolute Gasteiger partial charge is 0.519 e. The molecule has 5 heteroatoms. The number of carboxylic acid groups (broad SMARTS) is 1. The van der Waals surface area contributed by atoms with E-state index in [-0.39, 0.29) is 0 Å². The molecular formula is C12H16O5. The second kappa shape index (κ2) is 4.24. The summed E-state index contributed by atoms with van der Waals surface area (Å²) in [5.41, 5.74) is 2.95. The summed E-state index contributed by atoms with van der Waals surface area (Å²) in [6.45, 7) is 9.30. The van der Waals surface area contributed by atoms with Gasteiger partial charge in [-0.2, -0.15) is 0 Å². The third kappa shape index (κ3) is 2.18. The molecular weight excluding hydrogens is 224 g/mol. The van der Waals surface area contributed by atoms with E-state index in [4.69, 9.17) is 9.84 Å². The van der Waals surface area contributed by atoms with Crippen LogP contribution in [0, 0.1) is 0 Å². The third-order valence-electron chi connectivity index (χ3n) is 3.58. The maximum absolute atomic E-state index is 11.2. The zero-order valence-electron chi connectivity index (χ0n) is 10.6. The highest BCUT2D eigenvalue weighted by molar-refractivity contribution is 5.76. The Kier molecular flexibility index (Phi) is 3.31. The van der Waals surface area contributed by atoms with E-state index in [0.29, 0.717) is 0 Å². The molecule has 0 aromatic carbocycles. The van der Waals surface area contributed by atoms with Crippen molar-refractivity contribution in [2.75, 3.05) is 0 Å². The predicted octanol–water partition coefficient (Wildman–Crippen LogP) is 3.26. The topological polar surface area (TPSA) is 72.8 Å². The summed E-state index contributed by atoms with van der Waals surface area (Å²) in [5, 5.41) is 8.33. The fraction of sp³-hybridized carbons (Fsp3) is 0.500. The molecule has 0 aromatic heterocycles. The molecule has 1 rings (SSSR count). The van der Waals surface area contributed by atoms with Crippen molar-refractivity contribution in [3.63, 3.8) is 0 Å². The molecule has 0 atom stereocenters. The number of rotatable bonds is 1. The average Bonchev–Trinajstić information content (AvgIpc) is 2.34. The fourth-order valence-corrected chi connectivity index (χ4v) is 1.97. The normalized spacial score (nSPS) is 18.4. The average molecular weight is 240 g/mol. The van der Waals surface area contributed by atoms with Gasteiger partial charge in [0.15, 0.2) is 5.60 Å². The summed E-state index contributed by atoms with van der Waals surface area (Å²) in [7, 11) is 0. The maximum atomic E-state index is 11.2. The van der Waals surface area contributed by atoms with E-state index in [1.54, 1.807) is 6.92 Å². The summed E-state index contributed by atoms with van der Waals surface area (Å²) in [5.74, 6) is 0. The van der Waals surface area contributed by atoms with Gasteiger partial charge in [0.2, 0.25) is 0 Å². The maximum Gasteiger partial charge on any atom is 0.519 e. The van der Waals surface area contributed by atoms with Crippen LogP contribution in [0.5, 0.6) is 0 Å². The molecule has 0 spiro atoms.